The number of hydrogen-bond acceptors (Lipinski definition) is 5. The highest BCUT2D eigenvalue weighted by molar-refractivity contribution is 6.33. The molecule has 1 aromatic heterocycles. The second-order valence-electron chi connectivity index (χ2n) is 6.45. The monoisotopic (exact) mass is 369 g/mol. The lowest BCUT2D eigenvalue weighted by Crippen LogP contribution is -2.49. The van der Waals surface area contributed by atoms with Crippen LogP contribution < -0.4 is 10.6 Å². The molecule has 9 heteroatoms. The van der Waals surface area contributed by atoms with Gasteiger partial charge in [-0.2, -0.15) is 5.10 Å². The number of nitrogens with zero attached hydrogens (tertiary/aromatic N) is 2. The molecule has 0 aromatic carbocycles. The molecule has 0 spiro atoms. The van der Waals surface area contributed by atoms with Crippen molar-refractivity contribution in [3.63, 3.8) is 0 Å². The molecule has 3 rings (SSSR count). The number of hydrogen-bond donors (Lipinski definition) is 3. The van der Waals surface area contributed by atoms with Gasteiger partial charge in [0.05, 0.1) is 17.3 Å². The summed E-state index contributed by atoms with van der Waals surface area (Å²) >= 11 is 5.95. The average Bonchev–Trinajstić information content (AvgIpc) is 3.22. The predicted octanol–water partition coefficient (Wildman–Crippen LogP) is 0.551. The summed E-state index contributed by atoms with van der Waals surface area (Å²) < 4.78 is 5.43. The molecular weight excluding hydrogens is 346 g/mol. The third-order valence-corrected chi connectivity index (χ3v) is 5.09. The number of likely N-dealkylation sites (tertiary alicyclic amines) is 1. The number of ether oxygens (including phenoxy) is 1. The van der Waals surface area contributed by atoms with Gasteiger partial charge in [0.1, 0.15) is 5.69 Å². The Labute approximate surface area is 151 Å². The van der Waals surface area contributed by atoms with Crippen LogP contribution in [0.2, 0.25) is 5.02 Å². The summed E-state index contributed by atoms with van der Waals surface area (Å²) in [5.74, 6) is -0.277. The maximum atomic E-state index is 12.5. The molecule has 2 aliphatic rings. The standard InChI is InChI=1S/C16H24ClN5O3/c1-2-18-15(23)13-7-10(9-22(13)11-3-5-25-6-4-11)20-16(24)14-12(17)8-19-21-14/h8,10-11,13H,2-7,9H2,1H3,(H,18,23)(H,19,21)(H,20,24)/t10-,13-/m0/s1. The number of nitrogens with one attached hydrogen (secondary N) is 3. The zero-order chi connectivity index (χ0) is 17.8. The van der Waals surface area contributed by atoms with Crippen molar-refractivity contribution in [3.05, 3.63) is 16.9 Å². The smallest absolute Gasteiger partial charge is 0.271 e. The van der Waals surface area contributed by atoms with E-state index in [2.05, 4.69) is 25.7 Å². The van der Waals surface area contributed by atoms with Crippen molar-refractivity contribution in [2.45, 2.75) is 44.3 Å². The SMILES string of the molecule is CCNC(=O)[C@@H]1C[C@H](NC(=O)c2[nH]ncc2Cl)CN1C1CCOCC1. The first-order valence-corrected chi connectivity index (χ1v) is 9.08. The molecule has 8 nitrogen and oxygen atoms in total. The van der Waals surface area contributed by atoms with E-state index >= 15 is 0 Å². The van der Waals surface area contributed by atoms with Crippen LogP contribution in [0.1, 0.15) is 36.7 Å². The van der Waals surface area contributed by atoms with Crippen molar-refractivity contribution in [2.24, 2.45) is 0 Å². The van der Waals surface area contributed by atoms with Crippen LogP contribution in [0.3, 0.4) is 0 Å². The fraction of sp³-hybridized carbons (Fsp3) is 0.688. The van der Waals surface area contributed by atoms with E-state index in [0.29, 0.717) is 38.8 Å². The van der Waals surface area contributed by atoms with Gasteiger partial charge >= 0.3 is 0 Å². The quantitative estimate of drug-likeness (QED) is 0.704. The molecule has 0 bridgehead atoms. The van der Waals surface area contributed by atoms with Gasteiger partial charge in [-0.1, -0.05) is 11.6 Å². The second-order valence-corrected chi connectivity index (χ2v) is 6.86. The lowest BCUT2D eigenvalue weighted by atomic mass is 10.1. The van der Waals surface area contributed by atoms with Gasteiger partial charge in [-0.25, -0.2) is 0 Å². The number of halogens is 1. The summed E-state index contributed by atoms with van der Waals surface area (Å²) in [6.45, 7) is 4.57. The van der Waals surface area contributed by atoms with E-state index in [4.69, 9.17) is 16.3 Å². The number of likely N-dealkylation sites (N-methyl/N-ethyl adjacent to an activating group) is 1. The molecule has 2 atom stereocenters. The Hall–Kier alpha value is -1.64. The molecule has 3 N–H and O–H groups in total. The first kappa shape index (κ1) is 18.2. The minimum atomic E-state index is -0.295. The van der Waals surface area contributed by atoms with E-state index in [1.54, 1.807) is 0 Å². The van der Waals surface area contributed by atoms with Crippen LogP contribution in [0.15, 0.2) is 6.20 Å². The van der Waals surface area contributed by atoms with E-state index in [1.807, 2.05) is 6.92 Å². The van der Waals surface area contributed by atoms with Gasteiger partial charge in [-0.05, 0) is 26.2 Å². The largest absolute Gasteiger partial charge is 0.381 e. The van der Waals surface area contributed by atoms with Crippen molar-refractivity contribution >= 4 is 23.4 Å². The van der Waals surface area contributed by atoms with Gasteiger partial charge < -0.3 is 15.4 Å². The zero-order valence-corrected chi connectivity index (χ0v) is 15.0. The summed E-state index contributed by atoms with van der Waals surface area (Å²) in [7, 11) is 0. The molecule has 138 valence electrons. The van der Waals surface area contributed by atoms with Crippen molar-refractivity contribution in [1.82, 2.24) is 25.7 Å². The molecule has 2 aliphatic heterocycles. The zero-order valence-electron chi connectivity index (χ0n) is 14.3. The third-order valence-electron chi connectivity index (χ3n) is 4.81. The van der Waals surface area contributed by atoms with Gasteiger partial charge in [0, 0.05) is 38.4 Å². The minimum Gasteiger partial charge on any atom is -0.381 e. The average molecular weight is 370 g/mol. The Morgan fingerprint density at radius 2 is 2.20 bits per heavy atom. The van der Waals surface area contributed by atoms with Crippen LogP contribution in [-0.2, 0) is 9.53 Å². The lowest BCUT2D eigenvalue weighted by Gasteiger charge is -2.34. The number of amides is 2. The molecule has 2 amide bonds. The summed E-state index contributed by atoms with van der Waals surface area (Å²) in [6.07, 6.45) is 3.80. The molecule has 3 heterocycles. The van der Waals surface area contributed by atoms with Gasteiger partial charge in [-0.15, -0.1) is 0 Å². The second kappa shape index (κ2) is 8.16. The Morgan fingerprint density at radius 1 is 1.44 bits per heavy atom. The molecule has 0 unspecified atom stereocenters. The van der Waals surface area contributed by atoms with Crippen LogP contribution in [0, 0.1) is 0 Å². The predicted molar refractivity (Wildman–Crippen MR) is 92.5 cm³/mol. The normalized spacial score (nSPS) is 25.0. The number of rotatable bonds is 5. The number of aromatic amines is 1. The van der Waals surface area contributed by atoms with Crippen LogP contribution >= 0.6 is 11.6 Å². The third kappa shape index (κ3) is 4.13. The molecule has 1 aromatic rings. The molecule has 2 fully saturated rings. The van der Waals surface area contributed by atoms with Gasteiger partial charge in [0.2, 0.25) is 5.91 Å². The fourth-order valence-corrected chi connectivity index (χ4v) is 3.80. The van der Waals surface area contributed by atoms with E-state index < -0.39 is 0 Å². The maximum Gasteiger partial charge on any atom is 0.271 e. The molecule has 0 radical (unpaired) electrons. The van der Waals surface area contributed by atoms with Crippen molar-refractivity contribution in [1.29, 1.82) is 0 Å². The first-order chi connectivity index (χ1) is 12.1. The Bertz CT molecular complexity index is 617. The van der Waals surface area contributed by atoms with Crippen LogP contribution in [0.5, 0.6) is 0 Å². The minimum absolute atomic E-state index is 0.0188. The fourth-order valence-electron chi connectivity index (χ4n) is 3.62. The van der Waals surface area contributed by atoms with Gasteiger partial charge in [0.25, 0.3) is 5.91 Å². The summed E-state index contributed by atoms with van der Waals surface area (Å²) in [6, 6.07) is -0.0353. The van der Waals surface area contributed by atoms with Crippen molar-refractivity contribution in [2.75, 3.05) is 26.3 Å². The number of carbonyl (C=O) groups excluding carboxylic acids is 2. The number of aromatic nitrogens is 2. The lowest BCUT2D eigenvalue weighted by molar-refractivity contribution is -0.126. The molecule has 0 saturated carbocycles. The van der Waals surface area contributed by atoms with E-state index in [0.717, 1.165) is 12.8 Å². The highest BCUT2D eigenvalue weighted by Gasteiger charge is 2.41. The molecule has 2 saturated heterocycles. The number of carbonyl (C=O) groups is 2. The molecule has 0 aliphatic carbocycles. The van der Waals surface area contributed by atoms with Crippen LogP contribution in [-0.4, -0.2) is 71.3 Å². The molecule has 25 heavy (non-hydrogen) atoms. The highest BCUT2D eigenvalue weighted by atomic mass is 35.5. The van der Waals surface area contributed by atoms with E-state index in [-0.39, 0.29) is 34.6 Å². The summed E-state index contributed by atoms with van der Waals surface area (Å²) in [4.78, 5) is 27.1. The van der Waals surface area contributed by atoms with E-state index in [9.17, 15) is 9.59 Å². The Balaban J connectivity index is 1.68. The Kier molecular flexibility index (Phi) is 5.93. The van der Waals surface area contributed by atoms with Crippen LogP contribution in [0.4, 0.5) is 0 Å². The van der Waals surface area contributed by atoms with Crippen molar-refractivity contribution < 1.29 is 14.3 Å². The summed E-state index contributed by atoms with van der Waals surface area (Å²) in [5.41, 5.74) is 0.251. The van der Waals surface area contributed by atoms with Gasteiger partial charge in [0.15, 0.2) is 0 Å². The maximum absolute atomic E-state index is 12.5. The van der Waals surface area contributed by atoms with E-state index in [1.165, 1.54) is 6.20 Å². The topological polar surface area (TPSA) is 99.4 Å². The Morgan fingerprint density at radius 3 is 2.84 bits per heavy atom. The van der Waals surface area contributed by atoms with Gasteiger partial charge in [-0.3, -0.25) is 19.6 Å². The first-order valence-electron chi connectivity index (χ1n) is 8.71. The highest BCUT2D eigenvalue weighted by Crippen LogP contribution is 2.26. The van der Waals surface area contributed by atoms with Crippen molar-refractivity contribution in [3.8, 4) is 0 Å². The molecular formula is C16H24ClN5O3. The summed E-state index contributed by atoms with van der Waals surface area (Å²) in [5, 5.41) is 12.5. The van der Waals surface area contributed by atoms with Crippen LogP contribution in [0.25, 0.3) is 0 Å². The number of H-pyrrole nitrogens is 1.